The number of nitrogens with two attached hydrogens (primary N) is 1. The van der Waals surface area contributed by atoms with Crippen LogP contribution >= 0.6 is 0 Å². The van der Waals surface area contributed by atoms with Crippen molar-refractivity contribution in [3.8, 4) is 0 Å². The first kappa shape index (κ1) is 12.8. The number of carbonyl (C=O) groups is 2. The Morgan fingerprint density at radius 3 is 2.53 bits per heavy atom. The predicted molar refractivity (Wildman–Crippen MR) is 67.1 cm³/mol. The molecule has 7 heteroatoms. The van der Waals surface area contributed by atoms with Gasteiger partial charge in [-0.05, 0) is 19.8 Å². The smallest absolute Gasteiger partial charge is 0.245 e. The van der Waals surface area contributed by atoms with Gasteiger partial charge in [0.2, 0.25) is 11.8 Å². The first-order valence-corrected chi connectivity index (χ1v) is 6.68. The van der Waals surface area contributed by atoms with E-state index >= 15 is 0 Å². The van der Waals surface area contributed by atoms with Crippen molar-refractivity contribution >= 4 is 11.8 Å². The summed E-state index contributed by atoms with van der Waals surface area (Å²) >= 11 is 0. The minimum absolute atomic E-state index is 0.0504. The summed E-state index contributed by atoms with van der Waals surface area (Å²) in [5.74, 6) is -0.766. The van der Waals surface area contributed by atoms with Gasteiger partial charge in [0, 0.05) is 25.2 Å². The van der Waals surface area contributed by atoms with Crippen LogP contribution < -0.4 is 16.4 Å². The number of primary amides is 1. The van der Waals surface area contributed by atoms with Crippen LogP contribution in [0.15, 0.2) is 0 Å². The van der Waals surface area contributed by atoms with Gasteiger partial charge in [-0.25, -0.2) is 0 Å². The van der Waals surface area contributed by atoms with E-state index in [1.807, 2.05) is 0 Å². The van der Waals surface area contributed by atoms with E-state index in [-0.39, 0.29) is 11.4 Å². The lowest BCUT2D eigenvalue weighted by atomic mass is 9.84. The maximum atomic E-state index is 12.4. The van der Waals surface area contributed by atoms with Gasteiger partial charge in [-0.15, -0.1) is 0 Å². The average molecular weight is 268 g/mol. The van der Waals surface area contributed by atoms with Crippen molar-refractivity contribution in [1.29, 1.82) is 0 Å². The predicted octanol–water partition coefficient (Wildman–Crippen LogP) is -2.47. The summed E-state index contributed by atoms with van der Waals surface area (Å²) in [7, 11) is 0. The van der Waals surface area contributed by atoms with Gasteiger partial charge in [0.25, 0.3) is 0 Å². The Kier molecular flexibility index (Phi) is 2.64. The molecule has 0 aromatic heterocycles. The molecule has 0 saturated carbocycles. The van der Waals surface area contributed by atoms with Crippen LogP contribution in [0.4, 0.5) is 0 Å². The molecule has 2 spiro atoms. The van der Waals surface area contributed by atoms with Crippen molar-refractivity contribution in [3.05, 3.63) is 0 Å². The fraction of sp³-hybridized carbons (Fsp3) is 0.833. The summed E-state index contributed by atoms with van der Waals surface area (Å²) < 4.78 is 0. The number of β-lactam (4-membered cyclic amide) rings is 1. The number of hydrogen-bond acceptors (Lipinski definition) is 5. The zero-order chi connectivity index (χ0) is 13.8. The number of carbonyl (C=O) groups excluding carboxylic acids is 2. The monoisotopic (exact) mass is 268 g/mol. The highest BCUT2D eigenvalue weighted by Crippen LogP contribution is 2.41. The van der Waals surface area contributed by atoms with Crippen molar-refractivity contribution < 1.29 is 14.7 Å². The number of rotatable bonds is 3. The second-order valence-electron chi connectivity index (χ2n) is 6.11. The molecule has 0 radical (unpaired) electrons. The van der Waals surface area contributed by atoms with Crippen LogP contribution in [0.25, 0.3) is 0 Å². The van der Waals surface area contributed by atoms with Crippen molar-refractivity contribution in [3.63, 3.8) is 0 Å². The van der Waals surface area contributed by atoms with E-state index in [1.165, 1.54) is 11.8 Å². The lowest BCUT2D eigenvalue weighted by molar-refractivity contribution is -0.164. The van der Waals surface area contributed by atoms with E-state index in [2.05, 4.69) is 10.6 Å². The van der Waals surface area contributed by atoms with Crippen LogP contribution in [0.5, 0.6) is 0 Å². The number of hydrogen-bond donors (Lipinski definition) is 4. The van der Waals surface area contributed by atoms with Crippen LogP contribution in [0.3, 0.4) is 0 Å². The summed E-state index contributed by atoms with van der Waals surface area (Å²) in [5.41, 5.74) is 4.78. The van der Waals surface area contributed by atoms with E-state index in [0.717, 1.165) is 25.9 Å². The van der Waals surface area contributed by atoms with E-state index in [1.54, 1.807) is 0 Å². The number of nitrogens with zero attached hydrogens (tertiary/aromatic N) is 1. The van der Waals surface area contributed by atoms with E-state index in [0.29, 0.717) is 6.54 Å². The van der Waals surface area contributed by atoms with Crippen LogP contribution in [-0.2, 0) is 9.59 Å². The summed E-state index contributed by atoms with van der Waals surface area (Å²) in [5, 5.41) is 16.3. The van der Waals surface area contributed by atoms with Crippen LogP contribution in [0, 0.1) is 0 Å². The first-order chi connectivity index (χ1) is 8.89. The standard InChI is InChI=1S/C12H20N4O3/c1-7(17)8(9(13)18)16-6-12(10(16)19)3-2-11(15-12)4-14-5-11/h7-8,14-15,17H,2-6H2,1H3,(H2,13,18)/t7-,8?,12?/m1/s1. The molecule has 3 saturated heterocycles. The van der Waals surface area contributed by atoms with Crippen molar-refractivity contribution in [1.82, 2.24) is 15.5 Å². The molecule has 3 aliphatic rings. The largest absolute Gasteiger partial charge is 0.391 e. The van der Waals surface area contributed by atoms with Crippen molar-refractivity contribution in [2.24, 2.45) is 5.73 Å². The van der Waals surface area contributed by atoms with Crippen LogP contribution in [-0.4, -0.2) is 64.7 Å². The molecule has 2 unspecified atom stereocenters. The molecular formula is C12H20N4O3. The first-order valence-electron chi connectivity index (χ1n) is 6.68. The minimum Gasteiger partial charge on any atom is -0.391 e. The lowest BCUT2D eigenvalue weighted by Crippen LogP contribution is -2.79. The molecule has 3 atom stereocenters. The zero-order valence-corrected chi connectivity index (χ0v) is 11.0. The molecule has 0 aliphatic carbocycles. The Balaban J connectivity index is 1.71. The molecule has 7 nitrogen and oxygen atoms in total. The molecule has 3 rings (SSSR count). The van der Waals surface area contributed by atoms with Gasteiger partial charge in [0.05, 0.1) is 6.10 Å². The third-order valence-corrected chi connectivity index (χ3v) is 4.66. The molecule has 19 heavy (non-hydrogen) atoms. The fourth-order valence-corrected chi connectivity index (χ4v) is 3.55. The quantitative estimate of drug-likeness (QED) is 0.424. The summed E-state index contributed by atoms with van der Waals surface area (Å²) in [4.78, 5) is 25.1. The summed E-state index contributed by atoms with van der Waals surface area (Å²) in [6.45, 7) is 3.70. The van der Waals surface area contributed by atoms with Crippen LogP contribution in [0.2, 0.25) is 0 Å². The second kappa shape index (κ2) is 3.91. The fourth-order valence-electron chi connectivity index (χ4n) is 3.55. The molecule has 3 aliphatic heterocycles. The van der Waals surface area contributed by atoms with E-state index < -0.39 is 23.6 Å². The third kappa shape index (κ3) is 1.69. The van der Waals surface area contributed by atoms with E-state index in [9.17, 15) is 14.7 Å². The Hall–Kier alpha value is -1.18. The maximum Gasteiger partial charge on any atom is 0.245 e. The number of aliphatic hydroxyl groups is 1. The normalized spacial score (nSPS) is 35.1. The van der Waals surface area contributed by atoms with Gasteiger partial charge in [-0.2, -0.15) is 0 Å². The Bertz CT molecular complexity index is 435. The Morgan fingerprint density at radius 1 is 1.47 bits per heavy atom. The minimum atomic E-state index is -0.945. The lowest BCUT2D eigenvalue weighted by Gasteiger charge is -2.52. The molecule has 5 N–H and O–H groups in total. The number of likely N-dealkylation sites (tertiary alicyclic amines) is 1. The maximum absolute atomic E-state index is 12.4. The van der Waals surface area contributed by atoms with E-state index in [4.69, 9.17) is 5.73 Å². The highest BCUT2D eigenvalue weighted by Gasteiger charge is 2.63. The number of nitrogens with one attached hydrogen (secondary N) is 2. The average Bonchev–Trinajstić information content (AvgIpc) is 2.70. The summed E-state index contributed by atoms with van der Waals surface area (Å²) in [6.07, 6.45) is 0.810. The van der Waals surface area contributed by atoms with Gasteiger partial charge in [0.15, 0.2) is 0 Å². The molecule has 2 amide bonds. The molecule has 3 fully saturated rings. The molecule has 0 aromatic rings. The van der Waals surface area contributed by atoms with Gasteiger partial charge >= 0.3 is 0 Å². The Morgan fingerprint density at radius 2 is 2.16 bits per heavy atom. The number of aliphatic hydroxyl groups excluding tert-OH is 1. The van der Waals surface area contributed by atoms with Crippen molar-refractivity contribution in [2.75, 3.05) is 19.6 Å². The molecule has 0 bridgehead atoms. The second-order valence-corrected chi connectivity index (χ2v) is 6.11. The molecular weight excluding hydrogens is 248 g/mol. The SMILES string of the molecule is C[C@@H](O)C(C(N)=O)N1CC2(CCC3(CNC3)N2)C1=O. The number of amides is 2. The molecule has 106 valence electrons. The Labute approximate surface area is 111 Å². The topological polar surface area (TPSA) is 108 Å². The van der Waals surface area contributed by atoms with Gasteiger partial charge in [-0.1, -0.05) is 0 Å². The highest BCUT2D eigenvalue weighted by atomic mass is 16.3. The van der Waals surface area contributed by atoms with Gasteiger partial charge in [-0.3, -0.25) is 14.9 Å². The van der Waals surface area contributed by atoms with Gasteiger partial charge in [0.1, 0.15) is 11.6 Å². The van der Waals surface area contributed by atoms with Crippen molar-refractivity contribution in [2.45, 2.75) is 43.0 Å². The molecule has 3 heterocycles. The summed E-state index contributed by atoms with van der Waals surface area (Å²) in [6, 6.07) is -0.920. The van der Waals surface area contributed by atoms with Crippen LogP contribution in [0.1, 0.15) is 19.8 Å². The highest BCUT2D eigenvalue weighted by molar-refractivity contribution is 5.97. The zero-order valence-electron chi connectivity index (χ0n) is 11.0. The molecule has 0 aromatic carbocycles. The third-order valence-electron chi connectivity index (χ3n) is 4.66. The van der Waals surface area contributed by atoms with Gasteiger partial charge < -0.3 is 21.1 Å².